The number of rotatable bonds is 0. The van der Waals surface area contributed by atoms with Crippen LogP contribution in [0.4, 0.5) is 0 Å². The SMILES string of the molecule is CC.CC1=C(Cl)C=CC(=N)C1=N. The molecule has 0 bridgehead atoms. The van der Waals surface area contributed by atoms with Crippen LogP contribution in [0.2, 0.25) is 0 Å². The molecule has 0 fully saturated rings. The topological polar surface area (TPSA) is 47.7 Å². The molecule has 0 aliphatic heterocycles. The van der Waals surface area contributed by atoms with Gasteiger partial charge in [-0.1, -0.05) is 25.4 Å². The Bertz CT molecular complexity index is 262. The van der Waals surface area contributed by atoms with Crippen LogP contribution in [0.25, 0.3) is 0 Å². The molecule has 0 aromatic rings. The van der Waals surface area contributed by atoms with Gasteiger partial charge in [-0.15, -0.1) is 0 Å². The zero-order valence-electron chi connectivity index (χ0n) is 7.53. The van der Waals surface area contributed by atoms with Crippen LogP contribution >= 0.6 is 11.6 Å². The van der Waals surface area contributed by atoms with Gasteiger partial charge in [0.1, 0.15) is 0 Å². The molecule has 1 aliphatic carbocycles. The van der Waals surface area contributed by atoms with E-state index in [-0.39, 0.29) is 11.4 Å². The van der Waals surface area contributed by atoms with Gasteiger partial charge in [0.05, 0.1) is 11.4 Å². The molecule has 0 saturated carbocycles. The second-order valence-electron chi connectivity index (χ2n) is 2.09. The van der Waals surface area contributed by atoms with Gasteiger partial charge in [0, 0.05) is 5.03 Å². The molecule has 1 aliphatic rings. The summed E-state index contributed by atoms with van der Waals surface area (Å²) in [6.07, 6.45) is 3.16. The molecular formula is C9H13ClN2. The molecule has 0 atom stereocenters. The van der Waals surface area contributed by atoms with Crippen molar-refractivity contribution in [2.45, 2.75) is 20.8 Å². The summed E-state index contributed by atoms with van der Waals surface area (Å²) in [4.78, 5) is 0. The second-order valence-corrected chi connectivity index (χ2v) is 2.50. The van der Waals surface area contributed by atoms with E-state index in [9.17, 15) is 0 Å². The van der Waals surface area contributed by atoms with E-state index in [0.29, 0.717) is 10.6 Å². The third-order valence-electron chi connectivity index (χ3n) is 1.40. The Kier molecular flexibility index (Phi) is 4.52. The summed E-state index contributed by atoms with van der Waals surface area (Å²) in [7, 11) is 0. The summed E-state index contributed by atoms with van der Waals surface area (Å²) in [6.45, 7) is 5.74. The summed E-state index contributed by atoms with van der Waals surface area (Å²) in [6, 6.07) is 0. The summed E-state index contributed by atoms with van der Waals surface area (Å²) in [5, 5.41) is 15.1. The Labute approximate surface area is 78.0 Å². The maximum absolute atomic E-state index is 7.31. The van der Waals surface area contributed by atoms with Crippen molar-refractivity contribution in [3.63, 3.8) is 0 Å². The minimum Gasteiger partial charge on any atom is -0.299 e. The van der Waals surface area contributed by atoms with E-state index >= 15 is 0 Å². The maximum atomic E-state index is 7.31. The lowest BCUT2D eigenvalue weighted by atomic mass is 10.0. The molecule has 0 saturated heterocycles. The van der Waals surface area contributed by atoms with Crippen LogP contribution in [0.3, 0.4) is 0 Å². The van der Waals surface area contributed by atoms with Crippen molar-refractivity contribution in [3.05, 3.63) is 22.8 Å². The highest BCUT2D eigenvalue weighted by Gasteiger charge is 2.11. The van der Waals surface area contributed by atoms with Gasteiger partial charge in [-0.05, 0) is 24.6 Å². The molecule has 0 amide bonds. The molecule has 0 spiro atoms. The molecule has 0 unspecified atom stereocenters. The quantitative estimate of drug-likeness (QED) is 0.544. The van der Waals surface area contributed by atoms with Crippen molar-refractivity contribution in [3.8, 4) is 0 Å². The van der Waals surface area contributed by atoms with Crippen LogP contribution in [0, 0.1) is 10.8 Å². The smallest absolute Gasteiger partial charge is 0.0833 e. The average Bonchev–Trinajstić information content (AvgIpc) is 2.12. The van der Waals surface area contributed by atoms with Gasteiger partial charge in [-0.3, -0.25) is 10.8 Å². The Morgan fingerprint density at radius 3 is 2.08 bits per heavy atom. The van der Waals surface area contributed by atoms with Crippen molar-refractivity contribution in [2.24, 2.45) is 0 Å². The first-order valence-corrected chi connectivity index (χ1v) is 4.23. The lowest BCUT2D eigenvalue weighted by Gasteiger charge is -2.08. The highest BCUT2D eigenvalue weighted by atomic mass is 35.5. The molecule has 0 radical (unpaired) electrons. The predicted octanol–water partition coefficient (Wildman–Crippen LogP) is 3.13. The predicted molar refractivity (Wildman–Crippen MR) is 54.5 cm³/mol. The zero-order chi connectivity index (χ0) is 9.72. The van der Waals surface area contributed by atoms with Crippen LogP contribution in [0.1, 0.15) is 20.8 Å². The molecule has 0 aromatic carbocycles. The van der Waals surface area contributed by atoms with E-state index in [4.69, 9.17) is 22.4 Å². The Hall–Kier alpha value is -0.890. The summed E-state index contributed by atoms with van der Waals surface area (Å²) >= 11 is 5.68. The largest absolute Gasteiger partial charge is 0.299 e. The van der Waals surface area contributed by atoms with Gasteiger partial charge < -0.3 is 0 Å². The molecule has 12 heavy (non-hydrogen) atoms. The molecule has 0 heterocycles. The van der Waals surface area contributed by atoms with Gasteiger partial charge in [0.2, 0.25) is 0 Å². The first-order chi connectivity index (χ1) is 5.63. The van der Waals surface area contributed by atoms with Gasteiger partial charge in [0.15, 0.2) is 0 Å². The van der Waals surface area contributed by atoms with Crippen LogP contribution < -0.4 is 0 Å². The van der Waals surface area contributed by atoms with Crippen LogP contribution in [-0.4, -0.2) is 11.4 Å². The molecule has 0 aromatic heterocycles. The molecule has 66 valence electrons. The standard InChI is InChI=1S/C7H7ClN2.C2H6/c1-4-5(8)2-3-6(9)7(4)10;1-2/h2-3,9-10H,1H3;1-2H3. The number of nitrogens with one attached hydrogen (secondary N) is 2. The second kappa shape index (κ2) is 4.88. The lowest BCUT2D eigenvalue weighted by Crippen LogP contribution is -2.14. The number of halogens is 1. The Morgan fingerprint density at radius 2 is 1.67 bits per heavy atom. The number of hydrogen-bond donors (Lipinski definition) is 2. The first kappa shape index (κ1) is 11.1. The summed E-state index contributed by atoms with van der Waals surface area (Å²) in [5.74, 6) is 0. The summed E-state index contributed by atoms with van der Waals surface area (Å²) in [5.41, 5.74) is 1.11. The van der Waals surface area contributed by atoms with Crippen LogP contribution in [0.5, 0.6) is 0 Å². The van der Waals surface area contributed by atoms with E-state index in [1.165, 1.54) is 6.08 Å². The van der Waals surface area contributed by atoms with Crippen molar-refractivity contribution in [1.82, 2.24) is 0 Å². The van der Waals surface area contributed by atoms with Crippen molar-refractivity contribution in [1.29, 1.82) is 10.8 Å². The van der Waals surface area contributed by atoms with E-state index in [1.807, 2.05) is 13.8 Å². The highest BCUT2D eigenvalue weighted by Crippen LogP contribution is 2.16. The van der Waals surface area contributed by atoms with Crippen molar-refractivity contribution >= 4 is 23.0 Å². The molecule has 2 nitrogen and oxygen atoms in total. The van der Waals surface area contributed by atoms with Gasteiger partial charge in [-0.25, -0.2) is 0 Å². The minimum atomic E-state index is 0.215. The van der Waals surface area contributed by atoms with Crippen LogP contribution in [0.15, 0.2) is 22.8 Å². The maximum Gasteiger partial charge on any atom is 0.0833 e. The third kappa shape index (κ3) is 2.31. The van der Waals surface area contributed by atoms with Gasteiger partial charge in [0.25, 0.3) is 0 Å². The molecule has 3 heteroatoms. The zero-order valence-corrected chi connectivity index (χ0v) is 8.29. The number of hydrogen-bond acceptors (Lipinski definition) is 2. The van der Waals surface area contributed by atoms with E-state index < -0.39 is 0 Å². The fourth-order valence-corrected chi connectivity index (χ4v) is 0.844. The van der Waals surface area contributed by atoms with E-state index in [2.05, 4.69) is 0 Å². The van der Waals surface area contributed by atoms with E-state index in [0.717, 1.165) is 0 Å². The monoisotopic (exact) mass is 184 g/mol. The summed E-state index contributed by atoms with van der Waals surface area (Å²) < 4.78 is 0. The Balaban J connectivity index is 0.000000561. The number of allylic oxidation sites excluding steroid dienone is 4. The fourth-order valence-electron chi connectivity index (χ4n) is 0.686. The Morgan fingerprint density at radius 1 is 1.17 bits per heavy atom. The first-order valence-electron chi connectivity index (χ1n) is 3.85. The van der Waals surface area contributed by atoms with Crippen molar-refractivity contribution in [2.75, 3.05) is 0 Å². The lowest BCUT2D eigenvalue weighted by molar-refractivity contribution is 1.42. The molecular weight excluding hydrogens is 172 g/mol. The van der Waals surface area contributed by atoms with Crippen molar-refractivity contribution < 1.29 is 0 Å². The molecule has 2 N–H and O–H groups in total. The van der Waals surface area contributed by atoms with Gasteiger partial charge >= 0.3 is 0 Å². The molecule has 1 rings (SSSR count). The van der Waals surface area contributed by atoms with Gasteiger partial charge in [-0.2, -0.15) is 0 Å². The minimum absolute atomic E-state index is 0.215. The fraction of sp³-hybridized carbons (Fsp3) is 0.333. The van der Waals surface area contributed by atoms with E-state index in [1.54, 1.807) is 13.0 Å². The average molecular weight is 185 g/mol. The third-order valence-corrected chi connectivity index (χ3v) is 1.81. The van der Waals surface area contributed by atoms with Crippen LogP contribution in [-0.2, 0) is 0 Å². The highest BCUT2D eigenvalue weighted by molar-refractivity contribution is 6.53. The normalized spacial score (nSPS) is 16.0.